The minimum atomic E-state index is -3.90. The normalized spacial score (nSPS) is 12.7. The van der Waals surface area contributed by atoms with Crippen LogP contribution in [0.25, 0.3) is 0 Å². The molecule has 0 aromatic carbocycles. The van der Waals surface area contributed by atoms with E-state index in [2.05, 4.69) is 20.9 Å². The molecule has 0 saturated carbocycles. The van der Waals surface area contributed by atoms with E-state index in [-0.39, 0.29) is 4.90 Å². The zero-order valence-corrected chi connectivity index (χ0v) is 12.5. The zero-order valence-electron chi connectivity index (χ0n) is 10.1. The molecule has 1 rings (SSSR count). The van der Waals surface area contributed by atoms with Gasteiger partial charge in [-0.2, -0.15) is 4.31 Å². The van der Waals surface area contributed by atoms with E-state index in [1.54, 1.807) is 0 Å². The van der Waals surface area contributed by atoms with E-state index >= 15 is 0 Å². The maximum Gasteiger partial charge on any atom is 0.324 e. The Kier molecular flexibility index (Phi) is 4.14. The van der Waals surface area contributed by atoms with Gasteiger partial charge in [-0.15, -0.1) is 0 Å². The van der Waals surface area contributed by atoms with Crippen LogP contribution in [0.3, 0.4) is 0 Å². The average Bonchev–Trinajstić information content (AvgIpc) is 2.27. The van der Waals surface area contributed by atoms with Gasteiger partial charge in [0, 0.05) is 23.9 Å². The second-order valence-corrected chi connectivity index (χ2v) is 7.06. The van der Waals surface area contributed by atoms with Crippen molar-refractivity contribution in [1.82, 2.24) is 9.29 Å². The van der Waals surface area contributed by atoms with Gasteiger partial charge in [-0.1, -0.05) is 0 Å². The maximum absolute atomic E-state index is 12.2. The molecule has 0 radical (unpaired) electrons. The molecule has 0 bridgehead atoms. The zero-order chi connectivity index (χ0) is 14.1. The molecule has 0 fully saturated rings. The summed E-state index contributed by atoms with van der Waals surface area (Å²) in [5.74, 6) is -1.23. The third-order valence-electron chi connectivity index (χ3n) is 2.65. The van der Waals surface area contributed by atoms with Gasteiger partial charge < -0.3 is 5.11 Å². The van der Waals surface area contributed by atoms with E-state index in [0.29, 0.717) is 4.47 Å². The summed E-state index contributed by atoms with van der Waals surface area (Å²) in [6.07, 6.45) is 2.62. The molecule has 1 heterocycles. The first-order valence-corrected chi connectivity index (χ1v) is 7.16. The molecule has 0 aliphatic heterocycles. The lowest BCUT2D eigenvalue weighted by atomic mass is 10.1. The number of rotatable bonds is 4. The number of likely N-dealkylation sites (N-methyl/N-ethyl adjacent to an activating group) is 1. The van der Waals surface area contributed by atoms with Crippen molar-refractivity contribution in [1.29, 1.82) is 0 Å². The Bertz CT molecular complexity index is 571. The number of carboxylic acids is 1. The van der Waals surface area contributed by atoms with Gasteiger partial charge >= 0.3 is 5.97 Å². The fraction of sp³-hybridized carbons (Fsp3) is 0.400. The van der Waals surface area contributed by atoms with E-state index in [4.69, 9.17) is 5.11 Å². The SMILES string of the molecule is CN(C(C)(C)C(=O)O)S(=O)(=O)c1cncc(Br)c1. The lowest BCUT2D eigenvalue weighted by Gasteiger charge is -2.30. The smallest absolute Gasteiger partial charge is 0.324 e. The monoisotopic (exact) mass is 336 g/mol. The number of pyridine rings is 1. The highest BCUT2D eigenvalue weighted by atomic mass is 79.9. The average molecular weight is 337 g/mol. The number of hydrogen-bond acceptors (Lipinski definition) is 4. The standard InChI is InChI=1S/C10H13BrN2O4S/c1-10(2,9(14)15)13(3)18(16,17)8-4-7(11)5-12-6-8/h4-6H,1-3H3,(H,14,15). The molecular formula is C10H13BrN2O4S. The van der Waals surface area contributed by atoms with Crippen molar-refractivity contribution >= 4 is 31.9 Å². The molecule has 1 aromatic heterocycles. The van der Waals surface area contributed by atoms with E-state index in [1.165, 1.54) is 39.4 Å². The van der Waals surface area contributed by atoms with Crippen molar-refractivity contribution in [2.24, 2.45) is 0 Å². The van der Waals surface area contributed by atoms with Crippen LogP contribution >= 0.6 is 15.9 Å². The Hall–Kier alpha value is -0.990. The molecular weight excluding hydrogens is 324 g/mol. The largest absolute Gasteiger partial charge is 0.480 e. The highest BCUT2D eigenvalue weighted by Crippen LogP contribution is 2.24. The third-order valence-corrected chi connectivity index (χ3v) is 5.08. The van der Waals surface area contributed by atoms with Crippen LogP contribution in [0.4, 0.5) is 0 Å². The van der Waals surface area contributed by atoms with Gasteiger partial charge in [0.25, 0.3) is 0 Å². The summed E-state index contributed by atoms with van der Waals surface area (Å²) in [6.45, 7) is 2.64. The number of carboxylic acid groups (broad SMARTS) is 1. The van der Waals surface area contributed by atoms with E-state index in [0.717, 1.165) is 4.31 Å². The van der Waals surface area contributed by atoms with E-state index in [1.807, 2.05) is 0 Å². The van der Waals surface area contributed by atoms with Crippen LogP contribution in [0, 0.1) is 0 Å². The van der Waals surface area contributed by atoms with Gasteiger partial charge in [0.15, 0.2) is 0 Å². The van der Waals surface area contributed by atoms with Crippen molar-refractivity contribution in [3.8, 4) is 0 Å². The molecule has 0 spiro atoms. The first-order valence-electron chi connectivity index (χ1n) is 4.93. The van der Waals surface area contributed by atoms with Gasteiger partial charge in [-0.05, 0) is 35.8 Å². The predicted octanol–water partition coefficient (Wildman–Crippen LogP) is 1.33. The Labute approximate surface area is 114 Å². The number of sulfonamides is 1. The van der Waals surface area contributed by atoms with Crippen molar-refractivity contribution in [3.05, 3.63) is 22.9 Å². The summed E-state index contributed by atoms with van der Waals surface area (Å²) >= 11 is 3.12. The number of carbonyl (C=O) groups is 1. The maximum atomic E-state index is 12.2. The molecule has 0 aliphatic rings. The summed E-state index contributed by atoms with van der Waals surface area (Å²) in [5, 5.41) is 9.05. The number of aliphatic carboxylic acids is 1. The van der Waals surface area contributed by atoms with Gasteiger partial charge in [0.2, 0.25) is 10.0 Å². The first kappa shape index (κ1) is 15.1. The molecule has 0 amide bonds. The predicted molar refractivity (Wildman–Crippen MR) is 68.6 cm³/mol. The summed E-state index contributed by atoms with van der Waals surface area (Å²) in [5.41, 5.74) is -1.54. The van der Waals surface area contributed by atoms with Crippen LogP contribution in [0.15, 0.2) is 27.8 Å². The van der Waals surface area contributed by atoms with Crippen LogP contribution in [-0.2, 0) is 14.8 Å². The van der Waals surface area contributed by atoms with Gasteiger partial charge in [0.05, 0.1) is 0 Å². The quantitative estimate of drug-likeness (QED) is 0.896. The van der Waals surface area contributed by atoms with E-state index in [9.17, 15) is 13.2 Å². The Morgan fingerprint density at radius 3 is 2.44 bits per heavy atom. The molecule has 0 saturated heterocycles. The van der Waals surface area contributed by atoms with Crippen molar-refractivity contribution < 1.29 is 18.3 Å². The molecule has 18 heavy (non-hydrogen) atoms. The van der Waals surface area contributed by atoms with E-state index < -0.39 is 21.5 Å². The number of nitrogens with zero attached hydrogens (tertiary/aromatic N) is 2. The van der Waals surface area contributed by atoms with Crippen LogP contribution in [-0.4, -0.2) is 41.4 Å². The molecule has 0 unspecified atom stereocenters. The third kappa shape index (κ3) is 2.70. The van der Waals surface area contributed by atoms with Crippen LogP contribution in [0.2, 0.25) is 0 Å². The van der Waals surface area contributed by atoms with Gasteiger partial charge in [-0.3, -0.25) is 9.78 Å². The molecule has 0 atom stereocenters. The minimum absolute atomic E-state index is 0.0614. The molecule has 8 heteroatoms. The number of halogens is 1. The summed E-state index contributed by atoms with van der Waals surface area (Å²) in [4.78, 5) is 14.8. The Morgan fingerprint density at radius 2 is 2.00 bits per heavy atom. The summed E-state index contributed by atoms with van der Waals surface area (Å²) < 4.78 is 25.8. The van der Waals surface area contributed by atoms with Crippen molar-refractivity contribution in [2.45, 2.75) is 24.3 Å². The van der Waals surface area contributed by atoms with Gasteiger partial charge in [0.1, 0.15) is 10.4 Å². The Balaban J connectivity index is 3.28. The second kappa shape index (κ2) is 4.94. The van der Waals surface area contributed by atoms with Crippen LogP contribution < -0.4 is 0 Å². The lowest BCUT2D eigenvalue weighted by molar-refractivity contribution is -0.145. The highest BCUT2D eigenvalue weighted by molar-refractivity contribution is 9.10. The number of aromatic nitrogens is 1. The van der Waals surface area contributed by atoms with Crippen molar-refractivity contribution in [2.75, 3.05) is 7.05 Å². The number of hydrogen-bond donors (Lipinski definition) is 1. The molecule has 6 nitrogen and oxygen atoms in total. The van der Waals surface area contributed by atoms with Gasteiger partial charge in [-0.25, -0.2) is 8.42 Å². The molecule has 1 aromatic rings. The lowest BCUT2D eigenvalue weighted by Crippen LogP contribution is -2.50. The highest BCUT2D eigenvalue weighted by Gasteiger charge is 2.40. The summed E-state index contributed by atoms with van der Waals surface area (Å²) in [6, 6.07) is 1.37. The molecule has 100 valence electrons. The topological polar surface area (TPSA) is 87.6 Å². The molecule has 1 N–H and O–H groups in total. The second-order valence-electron chi connectivity index (χ2n) is 4.18. The van der Waals surface area contributed by atoms with Crippen molar-refractivity contribution in [3.63, 3.8) is 0 Å². The van der Waals surface area contributed by atoms with Crippen LogP contribution in [0.5, 0.6) is 0 Å². The fourth-order valence-corrected chi connectivity index (χ4v) is 3.11. The summed E-state index contributed by atoms with van der Waals surface area (Å²) in [7, 11) is -2.68. The molecule has 0 aliphatic carbocycles. The van der Waals surface area contributed by atoms with Crippen LogP contribution in [0.1, 0.15) is 13.8 Å². The fourth-order valence-electron chi connectivity index (χ4n) is 1.13. The minimum Gasteiger partial charge on any atom is -0.480 e. The Morgan fingerprint density at radius 1 is 1.44 bits per heavy atom. The first-order chi connectivity index (χ1) is 8.10.